The fraction of sp³-hybridized carbons (Fsp3) is 0.300. The number of carbonyl (C=O) groups excluding carboxylic acids is 2. The number of benzene rings is 2. The summed E-state index contributed by atoms with van der Waals surface area (Å²) in [6.45, 7) is 5.79. The van der Waals surface area contributed by atoms with Crippen molar-refractivity contribution in [2.45, 2.75) is 33.4 Å². The van der Waals surface area contributed by atoms with Gasteiger partial charge in [0.25, 0.3) is 5.91 Å². The first-order valence-electron chi connectivity index (χ1n) is 7.95. The van der Waals surface area contributed by atoms with Crippen LogP contribution < -0.4 is 4.74 Å². The Morgan fingerprint density at radius 1 is 1.12 bits per heavy atom. The Morgan fingerprint density at radius 2 is 1.83 bits per heavy atom. The first kappa shape index (κ1) is 17.7. The summed E-state index contributed by atoms with van der Waals surface area (Å²) in [5.41, 5.74) is 2.83. The Balaban J connectivity index is 2.02. The number of nitrogens with zero attached hydrogens (tertiary/aromatic N) is 1. The number of carbonyl (C=O) groups is 2. The molecule has 0 saturated heterocycles. The second-order valence-electron chi connectivity index (χ2n) is 5.96. The summed E-state index contributed by atoms with van der Waals surface area (Å²) < 4.78 is 5.71. The molecule has 1 unspecified atom stereocenters. The number of aryl methyl sites for hydroxylation is 1. The molecule has 126 valence electrons. The lowest BCUT2D eigenvalue weighted by Crippen LogP contribution is -2.37. The molecule has 4 nitrogen and oxygen atoms in total. The van der Waals surface area contributed by atoms with E-state index in [2.05, 4.69) is 0 Å². The number of ether oxygens (including phenoxy) is 1. The van der Waals surface area contributed by atoms with Crippen molar-refractivity contribution < 1.29 is 14.3 Å². The zero-order valence-electron chi connectivity index (χ0n) is 14.6. The predicted octanol–water partition coefficient (Wildman–Crippen LogP) is 3.62. The largest absolute Gasteiger partial charge is 0.481 e. The molecule has 24 heavy (non-hydrogen) atoms. The number of hydrogen-bond donors (Lipinski definition) is 0. The average Bonchev–Trinajstić information content (AvgIpc) is 2.56. The SMILES string of the molecule is CC(=O)c1cccc(OC(C)C(=O)N(C)Cc2ccccc2C)c1. The van der Waals surface area contributed by atoms with Crippen molar-refractivity contribution in [1.82, 2.24) is 4.90 Å². The highest BCUT2D eigenvalue weighted by Gasteiger charge is 2.20. The Labute approximate surface area is 143 Å². The summed E-state index contributed by atoms with van der Waals surface area (Å²) in [4.78, 5) is 25.6. The van der Waals surface area contributed by atoms with Gasteiger partial charge in [0.2, 0.25) is 0 Å². The van der Waals surface area contributed by atoms with Gasteiger partial charge in [0, 0.05) is 19.2 Å². The van der Waals surface area contributed by atoms with E-state index in [0.717, 1.165) is 11.1 Å². The topological polar surface area (TPSA) is 46.6 Å². The summed E-state index contributed by atoms with van der Waals surface area (Å²) in [7, 11) is 1.76. The van der Waals surface area contributed by atoms with Crippen LogP contribution in [0.15, 0.2) is 48.5 Å². The van der Waals surface area contributed by atoms with Crippen molar-refractivity contribution in [3.63, 3.8) is 0 Å². The minimum atomic E-state index is -0.624. The molecular weight excluding hydrogens is 302 g/mol. The van der Waals surface area contributed by atoms with Gasteiger partial charge in [-0.05, 0) is 44.0 Å². The van der Waals surface area contributed by atoms with Crippen LogP contribution in [0.1, 0.15) is 35.3 Å². The zero-order chi connectivity index (χ0) is 17.7. The molecular formula is C20H23NO3. The summed E-state index contributed by atoms with van der Waals surface area (Å²) in [6, 6.07) is 14.9. The molecule has 0 aliphatic carbocycles. The first-order chi connectivity index (χ1) is 11.4. The second-order valence-corrected chi connectivity index (χ2v) is 5.96. The molecule has 0 fully saturated rings. The maximum atomic E-state index is 12.5. The summed E-state index contributed by atoms with van der Waals surface area (Å²) in [6.07, 6.45) is -0.624. The van der Waals surface area contributed by atoms with E-state index in [1.54, 1.807) is 43.1 Å². The lowest BCUT2D eigenvalue weighted by molar-refractivity contribution is -0.137. The van der Waals surface area contributed by atoms with Crippen molar-refractivity contribution in [3.05, 3.63) is 65.2 Å². The van der Waals surface area contributed by atoms with Gasteiger partial charge >= 0.3 is 0 Å². The van der Waals surface area contributed by atoms with Crippen LogP contribution >= 0.6 is 0 Å². The molecule has 1 amide bonds. The number of hydrogen-bond acceptors (Lipinski definition) is 3. The number of amides is 1. The molecule has 0 aromatic heterocycles. The highest BCUT2D eigenvalue weighted by atomic mass is 16.5. The monoisotopic (exact) mass is 325 g/mol. The van der Waals surface area contributed by atoms with Gasteiger partial charge in [-0.1, -0.05) is 36.4 Å². The Hall–Kier alpha value is -2.62. The Morgan fingerprint density at radius 3 is 2.50 bits per heavy atom. The van der Waals surface area contributed by atoms with E-state index in [9.17, 15) is 9.59 Å². The third kappa shape index (κ3) is 4.44. The molecule has 0 aliphatic rings. The lowest BCUT2D eigenvalue weighted by Gasteiger charge is -2.23. The normalized spacial score (nSPS) is 11.7. The van der Waals surface area contributed by atoms with E-state index in [1.165, 1.54) is 6.92 Å². The van der Waals surface area contributed by atoms with Crippen LogP contribution in [0.2, 0.25) is 0 Å². The fourth-order valence-electron chi connectivity index (χ4n) is 2.47. The maximum Gasteiger partial charge on any atom is 0.263 e. The van der Waals surface area contributed by atoms with Crippen molar-refractivity contribution in [1.29, 1.82) is 0 Å². The molecule has 2 aromatic carbocycles. The molecule has 0 N–H and O–H groups in total. The van der Waals surface area contributed by atoms with E-state index in [-0.39, 0.29) is 11.7 Å². The van der Waals surface area contributed by atoms with Crippen LogP contribution in [0.4, 0.5) is 0 Å². The molecule has 0 bridgehead atoms. The van der Waals surface area contributed by atoms with Crippen molar-refractivity contribution in [2.24, 2.45) is 0 Å². The summed E-state index contributed by atoms with van der Waals surface area (Å²) in [5.74, 6) is 0.385. The number of Topliss-reactive ketones (excluding diaryl/α,β-unsaturated/α-hetero) is 1. The average molecular weight is 325 g/mol. The van der Waals surface area contributed by atoms with Gasteiger partial charge in [-0.25, -0.2) is 0 Å². The van der Waals surface area contributed by atoms with E-state index in [0.29, 0.717) is 17.9 Å². The third-order valence-electron chi connectivity index (χ3n) is 3.95. The molecule has 2 rings (SSSR count). The highest BCUT2D eigenvalue weighted by molar-refractivity contribution is 5.94. The number of ketones is 1. The molecule has 0 saturated carbocycles. The molecule has 0 heterocycles. The number of likely N-dealkylation sites (N-methyl/N-ethyl adjacent to an activating group) is 1. The maximum absolute atomic E-state index is 12.5. The lowest BCUT2D eigenvalue weighted by atomic mass is 10.1. The van der Waals surface area contributed by atoms with Crippen molar-refractivity contribution in [2.75, 3.05) is 7.05 Å². The first-order valence-corrected chi connectivity index (χ1v) is 7.95. The standard InChI is InChI=1S/C20H23NO3/c1-14-8-5-6-9-18(14)13-21(4)20(23)16(3)24-19-11-7-10-17(12-19)15(2)22/h5-12,16H,13H2,1-4H3. The van der Waals surface area contributed by atoms with Crippen molar-refractivity contribution >= 4 is 11.7 Å². The highest BCUT2D eigenvalue weighted by Crippen LogP contribution is 2.17. The second kappa shape index (κ2) is 7.77. The van der Waals surface area contributed by atoms with Gasteiger partial charge in [0.1, 0.15) is 5.75 Å². The van der Waals surface area contributed by atoms with Crippen LogP contribution in [-0.4, -0.2) is 29.7 Å². The van der Waals surface area contributed by atoms with Gasteiger partial charge in [0.05, 0.1) is 0 Å². The fourth-order valence-corrected chi connectivity index (χ4v) is 2.47. The Bertz CT molecular complexity index is 739. The van der Waals surface area contributed by atoms with Gasteiger partial charge in [-0.15, -0.1) is 0 Å². The van der Waals surface area contributed by atoms with Gasteiger partial charge in [0.15, 0.2) is 11.9 Å². The van der Waals surface area contributed by atoms with Crippen molar-refractivity contribution in [3.8, 4) is 5.75 Å². The quantitative estimate of drug-likeness (QED) is 0.762. The molecule has 2 aromatic rings. The van der Waals surface area contributed by atoms with Gasteiger partial charge in [-0.2, -0.15) is 0 Å². The Kier molecular flexibility index (Phi) is 5.74. The van der Waals surface area contributed by atoms with E-state index >= 15 is 0 Å². The molecule has 0 radical (unpaired) electrons. The van der Waals surface area contributed by atoms with Gasteiger partial charge in [-0.3, -0.25) is 9.59 Å². The molecule has 0 aliphatic heterocycles. The van der Waals surface area contributed by atoms with E-state index in [4.69, 9.17) is 4.74 Å². The summed E-state index contributed by atoms with van der Waals surface area (Å²) in [5, 5.41) is 0. The van der Waals surface area contributed by atoms with Crippen LogP contribution in [0.3, 0.4) is 0 Å². The van der Waals surface area contributed by atoms with Gasteiger partial charge < -0.3 is 9.64 Å². The van der Waals surface area contributed by atoms with E-state index < -0.39 is 6.10 Å². The zero-order valence-corrected chi connectivity index (χ0v) is 14.6. The van der Waals surface area contributed by atoms with Crippen LogP contribution in [0.25, 0.3) is 0 Å². The van der Waals surface area contributed by atoms with Crippen LogP contribution in [0.5, 0.6) is 5.75 Å². The third-order valence-corrected chi connectivity index (χ3v) is 3.95. The molecule has 4 heteroatoms. The summed E-state index contributed by atoms with van der Waals surface area (Å²) >= 11 is 0. The minimum absolute atomic E-state index is 0.0314. The molecule has 0 spiro atoms. The number of rotatable bonds is 6. The van der Waals surface area contributed by atoms with E-state index in [1.807, 2.05) is 31.2 Å². The minimum Gasteiger partial charge on any atom is -0.481 e. The smallest absolute Gasteiger partial charge is 0.263 e. The van der Waals surface area contributed by atoms with Crippen LogP contribution in [-0.2, 0) is 11.3 Å². The van der Waals surface area contributed by atoms with Crippen LogP contribution in [0, 0.1) is 6.92 Å². The predicted molar refractivity (Wildman–Crippen MR) is 94.2 cm³/mol. The molecule has 1 atom stereocenters.